The van der Waals surface area contributed by atoms with Crippen molar-refractivity contribution in [1.29, 1.82) is 0 Å². The molecular weight excluding hydrogens is 452 g/mol. The maximum atomic E-state index is 13.0. The summed E-state index contributed by atoms with van der Waals surface area (Å²) in [4.78, 5) is 39.0. The molecule has 4 N–H and O–H groups in total. The average Bonchev–Trinajstić information content (AvgIpc) is 2.84. The summed E-state index contributed by atoms with van der Waals surface area (Å²) in [5.41, 5.74) is 2.03. The van der Waals surface area contributed by atoms with Gasteiger partial charge in [0.2, 0.25) is 5.91 Å². The fourth-order valence-corrected chi connectivity index (χ4v) is 5.10. The van der Waals surface area contributed by atoms with Crippen molar-refractivity contribution in [2.45, 2.75) is 55.7 Å². The summed E-state index contributed by atoms with van der Waals surface area (Å²) in [5, 5.41) is 20.2. The lowest BCUT2D eigenvalue weighted by molar-refractivity contribution is -0.137. The minimum Gasteiger partial charge on any atom is -0.380 e. The number of aliphatic hydroxyl groups is 1. The summed E-state index contributed by atoms with van der Waals surface area (Å²) in [6.07, 6.45) is 3.73. The zero-order chi connectivity index (χ0) is 23.7. The maximum Gasteiger partial charge on any atom is 0.256 e. The lowest BCUT2D eigenvalue weighted by atomic mass is 9.81. The van der Waals surface area contributed by atoms with Gasteiger partial charge >= 0.3 is 0 Å². The Hall–Kier alpha value is -3.08. The smallest absolute Gasteiger partial charge is 0.256 e. The van der Waals surface area contributed by atoms with Crippen LogP contribution < -0.4 is 16.0 Å². The van der Waals surface area contributed by atoms with Crippen LogP contribution in [0.25, 0.3) is 11.0 Å². The van der Waals surface area contributed by atoms with Crippen LogP contribution in [0.2, 0.25) is 0 Å². The second-order valence-electron chi connectivity index (χ2n) is 8.81. The number of hydrogen-bond acceptors (Lipinski definition) is 8. The van der Waals surface area contributed by atoms with Crippen molar-refractivity contribution in [2.24, 2.45) is 0 Å². The van der Waals surface area contributed by atoms with E-state index in [9.17, 15) is 14.7 Å². The molecule has 10 heteroatoms. The van der Waals surface area contributed by atoms with Gasteiger partial charge in [0, 0.05) is 18.8 Å². The lowest BCUT2D eigenvalue weighted by Crippen LogP contribution is -2.48. The van der Waals surface area contributed by atoms with Crippen molar-refractivity contribution >= 4 is 46.1 Å². The minimum atomic E-state index is -1.43. The number of benzene rings is 1. The second kappa shape index (κ2) is 9.28. The number of carbonyl (C=O) groups excluding carboxylic acids is 2. The number of hydrogen-bond donors (Lipinski definition) is 4. The summed E-state index contributed by atoms with van der Waals surface area (Å²) in [7, 11) is 0. The van der Waals surface area contributed by atoms with Gasteiger partial charge in [-0.3, -0.25) is 14.6 Å². The monoisotopic (exact) mass is 478 g/mol. The Kier molecular flexibility index (Phi) is 6.20. The van der Waals surface area contributed by atoms with E-state index in [2.05, 4.69) is 30.9 Å². The molecule has 1 aliphatic heterocycles. The first-order valence-electron chi connectivity index (χ1n) is 11.3. The molecule has 0 saturated heterocycles. The molecule has 0 radical (unpaired) electrons. The Morgan fingerprint density at radius 3 is 2.88 bits per heavy atom. The Bertz CT molecular complexity index is 1260. The van der Waals surface area contributed by atoms with Gasteiger partial charge in [0.25, 0.3) is 5.91 Å². The number of anilines is 2. The summed E-state index contributed by atoms with van der Waals surface area (Å²) < 4.78 is 0. The van der Waals surface area contributed by atoms with Crippen molar-refractivity contribution in [3.8, 4) is 0 Å². The summed E-state index contributed by atoms with van der Waals surface area (Å²) in [6.45, 7) is 2.40. The van der Waals surface area contributed by atoms with Crippen LogP contribution in [0.4, 0.5) is 11.5 Å². The molecule has 9 nitrogen and oxygen atoms in total. The van der Waals surface area contributed by atoms with E-state index in [1.54, 1.807) is 12.3 Å². The van der Waals surface area contributed by atoms with E-state index in [0.717, 1.165) is 16.3 Å². The maximum absolute atomic E-state index is 13.0. The summed E-state index contributed by atoms with van der Waals surface area (Å²) >= 11 is 1.49. The first-order valence-corrected chi connectivity index (χ1v) is 12.3. The molecule has 0 spiro atoms. The van der Waals surface area contributed by atoms with Gasteiger partial charge in [-0.15, -0.1) is 11.8 Å². The SMILES string of the molecule is Cc1cnc2cccc(NC(=O)C3(O)CCC(NCc4ccc5c(n4)NC(=O)CS5)CC3)c2n1. The largest absolute Gasteiger partial charge is 0.380 e. The first kappa shape index (κ1) is 22.7. The molecule has 1 fully saturated rings. The Labute approximate surface area is 201 Å². The molecule has 0 bridgehead atoms. The van der Waals surface area contributed by atoms with E-state index >= 15 is 0 Å². The summed E-state index contributed by atoms with van der Waals surface area (Å²) in [5.74, 6) is 0.582. The van der Waals surface area contributed by atoms with Crippen molar-refractivity contribution in [3.63, 3.8) is 0 Å². The molecule has 1 aliphatic carbocycles. The molecule has 0 unspecified atom stereocenters. The number of rotatable bonds is 5. The Morgan fingerprint density at radius 2 is 2.06 bits per heavy atom. The van der Waals surface area contributed by atoms with E-state index in [-0.39, 0.29) is 11.9 Å². The first-order chi connectivity index (χ1) is 16.4. The molecule has 0 atom stereocenters. The highest BCUT2D eigenvalue weighted by atomic mass is 32.2. The van der Waals surface area contributed by atoms with E-state index in [4.69, 9.17) is 0 Å². The van der Waals surface area contributed by atoms with Crippen molar-refractivity contribution in [1.82, 2.24) is 20.3 Å². The molecule has 1 aromatic carbocycles. The highest BCUT2D eigenvalue weighted by Gasteiger charge is 2.40. The molecule has 5 rings (SSSR count). The van der Waals surface area contributed by atoms with Crippen molar-refractivity contribution < 1.29 is 14.7 Å². The number of amides is 2. The zero-order valence-electron chi connectivity index (χ0n) is 18.8. The third-order valence-corrected chi connectivity index (χ3v) is 7.33. The van der Waals surface area contributed by atoms with Crippen LogP contribution in [0.5, 0.6) is 0 Å². The second-order valence-corrected chi connectivity index (χ2v) is 9.83. The zero-order valence-corrected chi connectivity index (χ0v) is 19.6. The third-order valence-electron chi connectivity index (χ3n) is 6.28. The molecule has 2 amide bonds. The van der Waals surface area contributed by atoms with E-state index < -0.39 is 11.5 Å². The molecule has 2 aliphatic rings. The molecule has 3 aromatic rings. The number of aryl methyl sites for hydroxylation is 1. The number of pyridine rings is 1. The van der Waals surface area contributed by atoms with Crippen LogP contribution in [0.1, 0.15) is 37.1 Å². The van der Waals surface area contributed by atoms with Crippen molar-refractivity contribution in [3.05, 3.63) is 47.9 Å². The quantitative estimate of drug-likeness (QED) is 0.441. The van der Waals surface area contributed by atoms with Gasteiger partial charge in [-0.05, 0) is 56.9 Å². The van der Waals surface area contributed by atoms with E-state index in [0.29, 0.717) is 60.5 Å². The molecule has 176 valence electrons. The number of nitrogens with zero attached hydrogens (tertiary/aromatic N) is 3. The molecule has 1 saturated carbocycles. The fourth-order valence-electron chi connectivity index (χ4n) is 4.34. The normalized spacial score (nSPS) is 22.2. The number of aromatic nitrogens is 3. The fraction of sp³-hybridized carbons (Fsp3) is 0.375. The van der Waals surface area contributed by atoms with Crippen LogP contribution in [0, 0.1) is 6.92 Å². The predicted molar refractivity (Wildman–Crippen MR) is 131 cm³/mol. The van der Waals surface area contributed by atoms with Gasteiger partial charge in [0.1, 0.15) is 16.9 Å². The van der Waals surface area contributed by atoms with Crippen LogP contribution in [-0.2, 0) is 16.1 Å². The number of para-hydroxylation sites is 1. The van der Waals surface area contributed by atoms with Gasteiger partial charge in [0.15, 0.2) is 0 Å². The number of fused-ring (bicyclic) bond motifs is 2. The number of nitrogens with one attached hydrogen (secondary N) is 3. The van der Waals surface area contributed by atoms with Crippen LogP contribution in [0.3, 0.4) is 0 Å². The minimum absolute atomic E-state index is 0.0365. The molecule has 3 heterocycles. The number of carbonyl (C=O) groups is 2. The molecule has 34 heavy (non-hydrogen) atoms. The molecular formula is C24H26N6O3S. The Morgan fingerprint density at radius 1 is 1.24 bits per heavy atom. The summed E-state index contributed by atoms with van der Waals surface area (Å²) in [6, 6.07) is 9.53. The van der Waals surface area contributed by atoms with Crippen LogP contribution in [0.15, 0.2) is 41.4 Å². The highest BCUT2D eigenvalue weighted by Crippen LogP contribution is 2.32. The highest BCUT2D eigenvalue weighted by molar-refractivity contribution is 8.00. The van der Waals surface area contributed by atoms with E-state index in [1.807, 2.05) is 31.2 Å². The van der Waals surface area contributed by atoms with Gasteiger partial charge < -0.3 is 21.1 Å². The van der Waals surface area contributed by atoms with Gasteiger partial charge in [-0.25, -0.2) is 9.97 Å². The number of thioether (sulfide) groups is 1. The van der Waals surface area contributed by atoms with Gasteiger partial charge in [-0.1, -0.05) is 6.07 Å². The topological polar surface area (TPSA) is 129 Å². The van der Waals surface area contributed by atoms with Gasteiger partial charge in [-0.2, -0.15) is 0 Å². The van der Waals surface area contributed by atoms with Crippen LogP contribution >= 0.6 is 11.8 Å². The van der Waals surface area contributed by atoms with E-state index in [1.165, 1.54) is 11.8 Å². The predicted octanol–water partition coefficient (Wildman–Crippen LogP) is 2.78. The lowest BCUT2D eigenvalue weighted by Gasteiger charge is -2.35. The average molecular weight is 479 g/mol. The van der Waals surface area contributed by atoms with Crippen LogP contribution in [-0.4, -0.2) is 49.3 Å². The standard InChI is InChI=1S/C24H26N6O3S/c1-14-11-26-17-3-2-4-18(21(17)27-14)29-23(32)24(33)9-7-15(8-10-24)25-12-16-5-6-19-22(28-16)30-20(31)13-34-19/h2-6,11,15,25,33H,7-10,12-13H2,1H3,(H,29,32)(H,28,30,31). The third kappa shape index (κ3) is 4.75. The van der Waals surface area contributed by atoms with Crippen molar-refractivity contribution in [2.75, 3.05) is 16.4 Å². The Balaban J connectivity index is 1.18. The van der Waals surface area contributed by atoms with Gasteiger partial charge in [0.05, 0.1) is 33.2 Å². The molecule has 2 aromatic heterocycles.